The molecule has 0 fully saturated rings. The number of rotatable bonds is 26. The van der Waals surface area contributed by atoms with Crippen LogP contribution in [-0.2, 0) is 9.59 Å². The van der Waals surface area contributed by atoms with Crippen molar-refractivity contribution in [1.29, 1.82) is 0 Å². The lowest BCUT2D eigenvalue weighted by Crippen LogP contribution is -2.35. The second kappa shape index (κ2) is 23.4. The number of nitrogens with zero attached hydrogens (tertiary/aromatic N) is 5. The van der Waals surface area contributed by atoms with Crippen LogP contribution < -0.4 is 9.64 Å². The number of unbranched alkanes of at least 4 members (excludes halogenated alkanes) is 9. The van der Waals surface area contributed by atoms with E-state index in [1.165, 1.54) is 19.3 Å². The number of benzene rings is 5. The number of ether oxygens (including phenoxy) is 1. The van der Waals surface area contributed by atoms with Crippen molar-refractivity contribution in [2.45, 2.75) is 84.0 Å². The van der Waals surface area contributed by atoms with Crippen molar-refractivity contribution in [2.24, 2.45) is 0 Å². The number of hydrogen-bond acceptors (Lipinski definition) is 4. The fraction of sp³-hybridized carbons (Fsp3) is 0.400. The number of quaternary nitrogens is 2. The van der Waals surface area contributed by atoms with Gasteiger partial charge in [-0.3, -0.25) is 9.59 Å². The van der Waals surface area contributed by atoms with Gasteiger partial charge in [0.05, 0.1) is 84.5 Å². The first kappa shape index (κ1) is 49.9. The highest BCUT2D eigenvalue weighted by molar-refractivity contribution is 6.30. The predicted molar refractivity (Wildman–Crippen MR) is 283 cm³/mol. The average Bonchev–Trinajstić information content (AvgIpc) is 3.78. The summed E-state index contributed by atoms with van der Waals surface area (Å²) in [6.07, 6.45) is 13.1. The molecule has 2 aliphatic heterocycles. The number of hydrogen-bond donors (Lipinski definition) is 0. The molecule has 5 aromatic rings. The first-order chi connectivity index (χ1) is 32.8. The Morgan fingerprint density at radius 2 is 0.824 bits per heavy atom. The van der Waals surface area contributed by atoms with Crippen LogP contribution in [0.1, 0.15) is 95.1 Å². The monoisotopic (exact) mass is 916 g/mol. The molecule has 5 aromatic carbocycles. The summed E-state index contributed by atoms with van der Waals surface area (Å²) in [6, 6.07) is 46.1. The number of carbonyl (C=O) groups is 2. The quantitative estimate of drug-likeness (QED) is 0.0410. The van der Waals surface area contributed by atoms with E-state index in [4.69, 9.17) is 4.74 Å². The highest BCUT2D eigenvalue weighted by Gasteiger charge is 2.48. The first-order valence-corrected chi connectivity index (χ1v) is 25.4. The fourth-order valence-electron chi connectivity index (χ4n) is 9.50. The molecule has 0 aromatic heterocycles. The molecule has 7 rings (SSSR count). The van der Waals surface area contributed by atoms with Crippen LogP contribution in [-0.4, -0.2) is 106 Å². The average molecular weight is 916 g/mol. The molecule has 68 heavy (non-hydrogen) atoms. The highest BCUT2D eigenvalue weighted by Crippen LogP contribution is 2.47. The third kappa shape index (κ3) is 13.0. The molecule has 2 amide bonds. The van der Waals surface area contributed by atoms with E-state index in [2.05, 4.69) is 151 Å². The van der Waals surface area contributed by atoms with E-state index >= 15 is 0 Å². The molecule has 358 valence electrons. The van der Waals surface area contributed by atoms with Crippen LogP contribution in [0, 0.1) is 0 Å². The second-order valence-corrected chi connectivity index (χ2v) is 20.8. The number of anilines is 3. The number of fused-ring (bicyclic) bond motifs is 1. The Hall–Kier alpha value is -5.96. The summed E-state index contributed by atoms with van der Waals surface area (Å²) in [6.45, 7) is 6.37. The fourth-order valence-corrected chi connectivity index (χ4v) is 9.50. The van der Waals surface area contributed by atoms with E-state index in [1.54, 1.807) is 0 Å². The van der Waals surface area contributed by atoms with Crippen molar-refractivity contribution in [3.63, 3.8) is 0 Å². The summed E-state index contributed by atoms with van der Waals surface area (Å²) < 4.78 is 7.98. The number of carbonyl (C=O) groups excluding carboxylic acids is 2. The van der Waals surface area contributed by atoms with Gasteiger partial charge in [0.1, 0.15) is 5.75 Å². The lowest BCUT2D eigenvalue weighted by Gasteiger charge is -2.26. The standard InChI is InChI=1S/C60H77N5O3/c1-8-9-10-25-46-68-54-40-38-53(39-41-54)63(51-28-19-16-20-29-51)52-36-34-48(35-37-52)47-30-32-50(33-31-47)58-56-55(59(66)62(58)43-22-12-14-24-45-65(5,6)7)57(49-26-17-15-18-27-49)61(60(56)67)42-21-11-13-23-44-64(2,3)4/h15-20,26-41H,8-14,21-25,42-46H2,1-7H3/q+2. The molecule has 2 aliphatic rings. The summed E-state index contributed by atoms with van der Waals surface area (Å²) in [7, 11) is 13.4. The predicted octanol–water partition coefficient (Wildman–Crippen LogP) is 13.1. The molecule has 8 heteroatoms. The van der Waals surface area contributed by atoms with Crippen LogP contribution >= 0.6 is 0 Å². The Morgan fingerprint density at radius 1 is 0.426 bits per heavy atom. The zero-order valence-corrected chi connectivity index (χ0v) is 42.2. The van der Waals surface area contributed by atoms with Gasteiger partial charge >= 0.3 is 0 Å². The highest BCUT2D eigenvalue weighted by atomic mass is 16.5. The molecule has 0 radical (unpaired) electrons. The van der Waals surface area contributed by atoms with Crippen LogP contribution in [0.15, 0.2) is 145 Å². The second-order valence-electron chi connectivity index (χ2n) is 20.8. The molecular weight excluding hydrogens is 839 g/mol. The van der Waals surface area contributed by atoms with Crippen molar-refractivity contribution in [3.05, 3.63) is 156 Å². The van der Waals surface area contributed by atoms with Gasteiger partial charge in [-0.15, -0.1) is 0 Å². The third-order valence-electron chi connectivity index (χ3n) is 13.1. The van der Waals surface area contributed by atoms with E-state index in [-0.39, 0.29) is 11.8 Å². The summed E-state index contributed by atoms with van der Waals surface area (Å²) in [5.41, 5.74) is 9.74. The maximum Gasteiger partial charge on any atom is 0.261 e. The topological polar surface area (TPSA) is 53.1 Å². The zero-order valence-electron chi connectivity index (χ0n) is 42.2. The summed E-state index contributed by atoms with van der Waals surface area (Å²) in [4.78, 5) is 35.9. The zero-order chi connectivity index (χ0) is 48.1. The van der Waals surface area contributed by atoms with Gasteiger partial charge in [-0.1, -0.05) is 124 Å². The van der Waals surface area contributed by atoms with Gasteiger partial charge in [-0.2, -0.15) is 0 Å². The SMILES string of the molecule is CCCCCCOc1ccc(N(c2ccccc2)c2ccc(-c3ccc(C4=C5C(=O)N(CCCCCC[N+](C)(C)C)C(c6ccccc6)=C5C(=O)N4CCCCCC[N+](C)(C)C)cc3)cc2)cc1. The number of amides is 2. The molecule has 0 aliphatic carbocycles. The van der Waals surface area contributed by atoms with Crippen molar-refractivity contribution in [3.8, 4) is 16.9 Å². The smallest absolute Gasteiger partial charge is 0.261 e. The Morgan fingerprint density at radius 3 is 1.31 bits per heavy atom. The molecule has 0 unspecified atom stereocenters. The van der Waals surface area contributed by atoms with Crippen LogP contribution in [0.25, 0.3) is 22.5 Å². The molecule has 2 heterocycles. The van der Waals surface area contributed by atoms with Crippen molar-refractivity contribution in [1.82, 2.24) is 9.80 Å². The Balaban J connectivity index is 1.16. The van der Waals surface area contributed by atoms with Crippen LogP contribution in [0.4, 0.5) is 17.1 Å². The van der Waals surface area contributed by atoms with Gasteiger partial charge in [-0.05, 0) is 116 Å². The minimum atomic E-state index is -0.0637. The van der Waals surface area contributed by atoms with Crippen molar-refractivity contribution >= 4 is 40.3 Å². The van der Waals surface area contributed by atoms with Crippen molar-refractivity contribution < 1.29 is 23.3 Å². The van der Waals surface area contributed by atoms with Gasteiger partial charge in [0.25, 0.3) is 11.8 Å². The lowest BCUT2D eigenvalue weighted by atomic mass is 9.99. The minimum absolute atomic E-state index is 0.0637. The lowest BCUT2D eigenvalue weighted by molar-refractivity contribution is -0.870. The third-order valence-corrected chi connectivity index (χ3v) is 13.1. The van der Waals surface area contributed by atoms with E-state index in [0.717, 1.165) is 143 Å². The van der Waals surface area contributed by atoms with Gasteiger partial charge in [0, 0.05) is 30.2 Å². The van der Waals surface area contributed by atoms with Crippen LogP contribution in [0.2, 0.25) is 0 Å². The molecule has 8 nitrogen and oxygen atoms in total. The Bertz CT molecular complexity index is 2460. The summed E-state index contributed by atoms with van der Waals surface area (Å²) >= 11 is 0. The molecular formula is C60H77N5O3+2. The molecule has 0 saturated carbocycles. The summed E-state index contributed by atoms with van der Waals surface area (Å²) in [5.74, 6) is 0.762. The van der Waals surface area contributed by atoms with E-state index < -0.39 is 0 Å². The Labute approximate surface area is 408 Å². The maximum atomic E-state index is 14.9. The molecule has 0 bridgehead atoms. The van der Waals surface area contributed by atoms with Crippen molar-refractivity contribution in [2.75, 3.05) is 80.0 Å². The summed E-state index contributed by atoms with van der Waals surface area (Å²) in [5, 5.41) is 0. The maximum absolute atomic E-state index is 14.9. The van der Waals surface area contributed by atoms with E-state index in [0.29, 0.717) is 24.2 Å². The molecule has 0 atom stereocenters. The van der Waals surface area contributed by atoms with Crippen LogP contribution in [0.3, 0.4) is 0 Å². The Kier molecular flexibility index (Phi) is 17.2. The van der Waals surface area contributed by atoms with Gasteiger partial charge in [0.15, 0.2) is 0 Å². The molecule has 0 saturated heterocycles. The van der Waals surface area contributed by atoms with Gasteiger partial charge in [0.2, 0.25) is 0 Å². The van der Waals surface area contributed by atoms with Gasteiger partial charge < -0.3 is 28.4 Å². The molecule has 0 spiro atoms. The van der Waals surface area contributed by atoms with E-state index in [1.807, 2.05) is 46.2 Å². The normalized spacial score (nSPS) is 14.1. The minimum Gasteiger partial charge on any atom is -0.494 e. The van der Waals surface area contributed by atoms with E-state index in [9.17, 15) is 9.59 Å². The molecule has 0 N–H and O–H groups in total. The van der Waals surface area contributed by atoms with Gasteiger partial charge in [-0.25, -0.2) is 0 Å². The number of para-hydroxylation sites is 1. The first-order valence-electron chi connectivity index (χ1n) is 25.4. The van der Waals surface area contributed by atoms with Crippen LogP contribution in [0.5, 0.6) is 5.75 Å². The largest absolute Gasteiger partial charge is 0.494 e.